The number of unbranched alkanes of at least 4 members (excludes halogenated alkanes) is 35. The topological polar surface area (TPSA) is 78.9 Å². The Hall–Kier alpha value is -1.59. The molecule has 6 heteroatoms. The summed E-state index contributed by atoms with van der Waals surface area (Å²) >= 11 is 0. The van der Waals surface area contributed by atoms with Crippen LogP contribution in [0.4, 0.5) is 0 Å². The summed E-state index contributed by atoms with van der Waals surface area (Å²) in [5.74, 6) is -0.859. The number of hydrogen-bond donors (Lipinski definition) is 0. The smallest absolute Gasteiger partial charge is 0.306 e. The summed E-state index contributed by atoms with van der Waals surface area (Å²) in [5.41, 5.74) is 0. The molecule has 0 aliphatic carbocycles. The number of esters is 3. The zero-order valence-electron chi connectivity index (χ0n) is 37.9. The molecule has 332 valence electrons. The molecule has 0 aromatic carbocycles. The van der Waals surface area contributed by atoms with Gasteiger partial charge in [-0.3, -0.25) is 14.4 Å². The molecular formula is C50H96O6. The number of hydrogen-bond acceptors (Lipinski definition) is 6. The molecule has 0 saturated heterocycles. The second-order valence-electron chi connectivity index (χ2n) is 17.1. The second kappa shape index (κ2) is 46.1. The second-order valence-corrected chi connectivity index (χ2v) is 17.1. The third-order valence-corrected chi connectivity index (χ3v) is 11.4. The number of carbonyl (C=O) groups is 3. The first-order chi connectivity index (χ1) is 27.5. The van der Waals surface area contributed by atoms with Gasteiger partial charge in [0, 0.05) is 19.3 Å². The molecule has 0 heterocycles. The molecule has 0 spiro atoms. The molecule has 0 N–H and O–H groups in total. The maximum absolute atomic E-state index is 12.7. The number of ether oxygens (including phenoxy) is 3. The van der Waals surface area contributed by atoms with Crippen LogP contribution in [-0.2, 0) is 28.6 Å². The molecule has 0 saturated carbocycles. The van der Waals surface area contributed by atoms with E-state index in [2.05, 4.69) is 20.8 Å². The first-order valence-corrected chi connectivity index (χ1v) is 25.0. The average molecular weight is 793 g/mol. The highest BCUT2D eigenvalue weighted by atomic mass is 16.6. The first kappa shape index (κ1) is 54.4. The van der Waals surface area contributed by atoms with Gasteiger partial charge >= 0.3 is 17.9 Å². The van der Waals surface area contributed by atoms with Gasteiger partial charge in [0.05, 0.1) is 0 Å². The highest BCUT2D eigenvalue weighted by molar-refractivity contribution is 5.71. The van der Waals surface area contributed by atoms with E-state index in [1.807, 2.05) is 0 Å². The molecule has 6 nitrogen and oxygen atoms in total. The van der Waals surface area contributed by atoms with E-state index in [4.69, 9.17) is 14.2 Å². The Balaban J connectivity index is 4.11. The van der Waals surface area contributed by atoms with Gasteiger partial charge in [0.2, 0.25) is 0 Å². The van der Waals surface area contributed by atoms with Crippen LogP contribution < -0.4 is 0 Å². The Morgan fingerprint density at radius 2 is 0.482 bits per heavy atom. The van der Waals surface area contributed by atoms with Crippen molar-refractivity contribution in [1.82, 2.24) is 0 Å². The lowest BCUT2D eigenvalue weighted by atomic mass is 10.0. The molecule has 0 aliphatic heterocycles. The molecule has 0 rings (SSSR count). The van der Waals surface area contributed by atoms with Crippen LogP contribution in [0.1, 0.15) is 284 Å². The quantitative estimate of drug-likeness (QED) is 0.0347. The Kier molecular flexibility index (Phi) is 44.8. The highest BCUT2D eigenvalue weighted by Gasteiger charge is 2.19. The molecule has 0 amide bonds. The zero-order chi connectivity index (χ0) is 40.8. The normalized spacial score (nSPS) is 11.8. The molecule has 1 atom stereocenters. The van der Waals surface area contributed by atoms with E-state index in [1.54, 1.807) is 0 Å². The number of rotatable bonds is 46. The fourth-order valence-electron chi connectivity index (χ4n) is 7.56. The average Bonchev–Trinajstić information content (AvgIpc) is 3.19. The molecule has 56 heavy (non-hydrogen) atoms. The molecule has 0 bridgehead atoms. The fraction of sp³-hybridized carbons (Fsp3) is 0.940. The molecule has 0 unspecified atom stereocenters. The summed E-state index contributed by atoms with van der Waals surface area (Å²) in [5, 5.41) is 0. The van der Waals surface area contributed by atoms with E-state index in [1.165, 1.54) is 180 Å². The molecule has 0 radical (unpaired) electrons. The molecule has 0 aliphatic rings. The van der Waals surface area contributed by atoms with Gasteiger partial charge < -0.3 is 14.2 Å². The lowest BCUT2D eigenvalue weighted by molar-refractivity contribution is -0.167. The molecular weight excluding hydrogens is 697 g/mol. The van der Waals surface area contributed by atoms with Crippen molar-refractivity contribution >= 4 is 17.9 Å². The van der Waals surface area contributed by atoms with Crippen molar-refractivity contribution in [3.8, 4) is 0 Å². The Morgan fingerprint density at radius 3 is 0.714 bits per heavy atom. The van der Waals surface area contributed by atoms with Crippen molar-refractivity contribution in [3.05, 3.63) is 0 Å². The Bertz CT molecular complexity index is 828. The third-order valence-electron chi connectivity index (χ3n) is 11.4. The van der Waals surface area contributed by atoms with Crippen molar-refractivity contribution in [1.29, 1.82) is 0 Å². The van der Waals surface area contributed by atoms with Crippen molar-refractivity contribution in [2.75, 3.05) is 13.2 Å². The van der Waals surface area contributed by atoms with Crippen molar-refractivity contribution < 1.29 is 28.6 Å². The lowest BCUT2D eigenvalue weighted by Crippen LogP contribution is -2.30. The van der Waals surface area contributed by atoms with E-state index >= 15 is 0 Å². The summed E-state index contributed by atoms with van der Waals surface area (Å²) in [7, 11) is 0. The maximum Gasteiger partial charge on any atom is 0.306 e. The van der Waals surface area contributed by atoms with Gasteiger partial charge in [-0.2, -0.15) is 0 Å². The molecule has 0 aromatic heterocycles. The van der Waals surface area contributed by atoms with Gasteiger partial charge in [0.15, 0.2) is 6.10 Å². The van der Waals surface area contributed by atoms with E-state index in [0.717, 1.165) is 64.2 Å². The van der Waals surface area contributed by atoms with Crippen LogP contribution in [-0.4, -0.2) is 37.2 Å². The van der Waals surface area contributed by atoms with Crippen molar-refractivity contribution in [2.24, 2.45) is 0 Å². The zero-order valence-corrected chi connectivity index (χ0v) is 37.9. The SMILES string of the molecule is CCCCCCCCCCCCCCCCCCCC(=O)OC[C@H](COC(=O)CCCCCCC)OC(=O)CCCCCCCCCCCCCCCCCC. The van der Waals surface area contributed by atoms with Crippen LogP contribution in [0.5, 0.6) is 0 Å². The standard InChI is InChI=1S/C50H96O6/c1-4-7-10-13-15-17-19-21-23-25-27-28-30-32-34-37-40-43-49(52)55-46-47(45-54-48(51)42-39-36-12-9-6-3)56-50(53)44-41-38-35-33-31-29-26-24-22-20-18-16-14-11-8-5-2/h47H,4-46H2,1-3H3/t47-/m0/s1. The van der Waals surface area contributed by atoms with Gasteiger partial charge in [-0.25, -0.2) is 0 Å². The van der Waals surface area contributed by atoms with E-state index in [-0.39, 0.29) is 31.1 Å². The summed E-state index contributed by atoms with van der Waals surface area (Å²) in [6, 6.07) is 0. The monoisotopic (exact) mass is 793 g/mol. The Morgan fingerprint density at radius 1 is 0.286 bits per heavy atom. The molecule has 0 aromatic rings. The van der Waals surface area contributed by atoms with Gasteiger partial charge in [-0.1, -0.05) is 245 Å². The lowest BCUT2D eigenvalue weighted by Gasteiger charge is -2.18. The van der Waals surface area contributed by atoms with Crippen LogP contribution in [0.25, 0.3) is 0 Å². The van der Waals surface area contributed by atoms with E-state index in [9.17, 15) is 14.4 Å². The van der Waals surface area contributed by atoms with Crippen LogP contribution in [0.3, 0.4) is 0 Å². The predicted octanol–water partition coefficient (Wildman–Crippen LogP) is 16.0. The highest BCUT2D eigenvalue weighted by Crippen LogP contribution is 2.17. The van der Waals surface area contributed by atoms with Crippen LogP contribution in [0.2, 0.25) is 0 Å². The van der Waals surface area contributed by atoms with Crippen LogP contribution >= 0.6 is 0 Å². The van der Waals surface area contributed by atoms with Gasteiger partial charge in [0.25, 0.3) is 0 Å². The maximum atomic E-state index is 12.7. The summed E-state index contributed by atoms with van der Waals surface area (Å²) in [6.07, 6.45) is 48.3. The van der Waals surface area contributed by atoms with E-state index < -0.39 is 6.10 Å². The minimum absolute atomic E-state index is 0.0632. The minimum atomic E-state index is -0.757. The fourth-order valence-corrected chi connectivity index (χ4v) is 7.56. The summed E-state index contributed by atoms with van der Waals surface area (Å²) < 4.78 is 16.7. The van der Waals surface area contributed by atoms with Crippen LogP contribution in [0, 0.1) is 0 Å². The van der Waals surface area contributed by atoms with Crippen LogP contribution in [0.15, 0.2) is 0 Å². The number of carbonyl (C=O) groups excluding carboxylic acids is 3. The van der Waals surface area contributed by atoms with Gasteiger partial charge in [-0.05, 0) is 19.3 Å². The van der Waals surface area contributed by atoms with Crippen molar-refractivity contribution in [2.45, 2.75) is 290 Å². The van der Waals surface area contributed by atoms with E-state index in [0.29, 0.717) is 19.3 Å². The summed E-state index contributed by atoms with van der Waals surface area (Å²) in [6.45, 7) is 6.60. The first-order valence-electron chi connectivity index (χ1n) is 25.0. The third kappa shape index (κ3) is 43.5. The van der Waals surface area contributed by atoms with Gasteiger partial charge in [-0.15, -0.1) is 0 Å². The Labute approximate surface area is 348 Å². The molecule has 0 fully saturated rings. The minimum Gasteiger partial charge on any atom is -0.462 e. The predicted molar refractivity (Wildman–Crippen MR) is 238 cm³/mol. The summed E-state index contributed by atoms with van der Waals surface area (Å²) in [4.78, 5) is 37.6. The largest absolute Gasteiger partial charge is 0.462 e. The van der Waals surface area contributed by atoms with Crippen molar-refractivity contribution in [3.63, 3.8) is 0 Å². The van der Waals surface area contributed by atoms with Gasteiger partial charge in [0.1, 0.15) is 13.2 Å².